The molecule has 0 saturated heterocycles. The average molecular weight is 480 g/mol. The van der Waals surface area contributed by atoms with Gasteiger partial charge in [-0.2, -0.15) is 5.26 Å². The fraction of sp³-hybridized carbons (Fsp3) is 0.375. The molecule has 0 saturated carbocycles. The number of anilines is 1. The summed E-state index contributed by atoms with van der Waals surface area (Å²) in [5.74, 6) is -0.579. The molecule has 0 spiro atoms. The van der Waals surface area contributed by atoms with Crippen LogP contribution in [0.1, 0.15) is 43.6 Å². The molecule has 0 fully saturated rings. The van der Waals surface area contributed by atoms with Crippen molar-refractivity contribution in [3.05, 3.63) is 40.3 Å². The number of thiophene rings is 1. The number of benzene rings is 1. The second-order valence-corrected chi connectivity index (χ2v) is 9.74. The highest BCUT2D eigenvalue weighted by molar-refractivity contribution is 7.29. The predicted molar refractivity (Wildman–Crippen MR) is 134 cm³/mol. The molecule has 7 nitrogen and oxygen atoms in total. The van der Waals surface area contributed by atoms with Crippen molar-refractivity contribution in [2.75, 3.05) is 24.6 Å². The lowest BCUT2D eigenvalue weighted by molar-refractivity contribution is -0.138. The van der Waals surface area contributed by atoms with Crippen LogP contribution in [0.4, 0.5) is 16.5 Å². The van der Waals surface area contributed by atoms with E-state index in [1.807, 2.05) is 18.2 Å². The minimum absolute atomic E-state index is 0.00133. The quantitative estimate of drug-likeness (QED) is 0.111. The summed E-state index contributed by atoms with van der Waals surface area (Å²) in [4.78, 5) is 20.6. The van der Waals surface area contributed by atoms with Gasteiger partial charge in [-0.15, -0.1) is 21.6 Å². The van der Waals surface area contributed by atoms with Gasteiger partial charge in [-0.05, 0) is 55.7 Å². The summed E-state index contributed by atoms with van der Waals surface area (Å²) < 4.78 is 6.14. The Morgan fingerprint density at radius 2 is 2.15 bits per heavy atom. The van der Waals surface area contributed by atoms with E-state index in [2.05, 4.69) is 46.1 Å². The van der Waals surface area contributed by atoms with Gasteiger partial charge in [0, 0.05) is 23.7 Å². The Hall–Kier alpha value is -3.09. The van der Waals surface area contributed by atoms with Gasteiger partial charge in [0.2, 0.25) is 5.13 Å². The zero-order chi connectivity index (χ0) is 23.2. The van der Waals surface area contributed by atoms with E-state index in [0.717, 1.165) is 58.9 Å². The highest BCUT2D eigenvalue weighted by Crippen LogP contribution is 2.36. The molecule has 4 rings (SSSR count). The van der Waals surface area contributed by atoms with Gasteiger partial charge < -0.3 is 9.64 Å². The van der Waals surface area contributed by atoms with E-state index in [4.69, 9.17) is 4.74 Å². The summed E-state index contributed by atoms with van der Waals surface area (Å²) in [6.07, 6.45) is 5.44. The lowest BCUT2D eigenvalue weighted by Gasteiger charge is -2.16. The number of esters is 1. The van der Waals surface area contributed by atoms with Crippen LogP contribution in [0, 0.1) is 11.3 Å². The number of hydrogen-bond donors (Lipinski definition) is 0. The van der Waals surface area contributed by atoms with E-state index in [-0.39, 0.29) is 5.57 Å². The monoisotopic (exact) mass is 479 g/mol. The molecule has 0 radical (unpaired) electrons. The third kappa shape index (κ3) is 5.46. The first-order valence-electron chi connectivity index (χ1n) is 11.1. The molecule has 0 N–H and O–H groups in total. The van der Waals surface area contributed by atoms with Crippen LogP contribution >= 0.6 is 22.7 Å². The first-order valence-corrected chi connectivity index (χ1v) is 12.7. The Morgan fingerprint density at radius 1 is 1.27 bits per heavy atom. The molecule has 3 aromatic rings. The molecule has 3 heterocycles. The largest absolute Gasteiger partial charge is 0.462 e. The Labute approximate surface area is 201 Å². The number of azo groups is 1. The normalized spacial score (nSPS) is 13.6. The first-order chi connectivity index (χ1) is 16.1. The Morgan fingerprint density at radius 3 is 2.91 bits per heavy atom. The molecule has 33 heavy (non-hydrogen) atoms. The molecule has 1 aliphatic heterocycles. The average Bonchev–Trinajstić information content (AvgIpc) is 3.51. The Kier molecular flexibility index (Phi) is 7.47. The number of hydrogen-bond acceptors (Lipinski definition) is 9. The van der Waals surface area contributed by atoms with Gasteiger partial charge in [0.15, 0.2) is 0 Å². The van der Waals surface area contributed by atoms with Crippen molar-refractivity contribution in [3.8, 4) is 6.07 Å². The first kappa shape index (κ1) is 23.1. The zero-order valence-corrected chi connectivity index (χ0v) is 20.3. The summed E-state index contributed by atoms with van der Waals surface area (Å²) in [6.45, 7) is 6.65. The summed E-state index contributed by atoms with van der Waals surface area (Å²) in [5, 5.41) is 18.6. The molecular weight excluding hydrogens is 454 g/mol. The summed E-state index contributed by atoms with van der Waals surface area (Å²) in [5.41, 5.74) is 3.42. The molecule has 1 aliphatic rings. The standard InChI is InChI=1S/C24H25N5O2S2/c1-3-5-6-11-31-23(30)17(15-25)13-19-14-21-22(32-19)26-24(33-21)28-27-18-7-8-20-16(12-18)9-10-29(20)4-2/h7-8,12-14H,3-6,9-11H2,1-2H3/b17-13+,28-27+. The van der Waals surface area contributed by atoms with Gasteiger partial charge in [-0.25, -0.2) is 9.78 Å². The third-order valence-corrected chi connectivity index (χ3v) is 7.38. The van der Waals surface area contributed by atoms with Gasteiger partial charge in [0.25, 0.3) is 0 Å². The molecule has 1 aromatic carbocycles. The number of aromatic nitrogens is 1. The third-order valence-electron chi connectivity index (χ3n) is 5.39. The molecule has 0 atom stereocenters. The number of likely N-dealkylation sites (N-methyl/N-ethyl adjacent to an activating group) is 1. The number of thiazole rings is 1. The maximum atomic E-state index is 12.1. The Bertz CT molecular complexity index is 1220. The van der Waals surface area contributed by atoms with Crippen molar-refractivity contribution < 1.29 is 9.53 Å². The minimum Gasteiger partial charge on any atom is -0.462 e. The number of nitriles is 1. The maximum absolute atomic E-state index is 12.1. The van der Waals surface area contributed by atoms with Gasteiger partial charge in [-0.3, -0.25) is 0 Å². The smallest absolute Gasteiger partial charge is 0.348 e. The van der Waals surface area contributed by atoms with E-state index < -0.39 is 5.97 Å². The van der Waals surface area contributed by atoms with E-state index in [9.17, 15) is 10.1 Å². The van der Waals surface area contributed by atoms with Crippen LogP contribution in [0.3, 0.4) is 0 Å². The predicted octanol–water partition coefficient (Wildman–Crippen LogP) is 6.80. The van der Waals surface area contributed by atoms with Crippen LogP contribution in [-0.2, 0) is 16.0 Å². The van der Waals surface area contributed by atoms with E-state index in [0.29, 0.717) is 11.7 Å². The van der Waals surface area contributed by atoms with Crippen LogP contribution in [-0.4, -0.2) is 30.6 Å². The Balaban J connectivity index is 1.43. The van der Waals surface area contributed by atoms with Crippen molar-refractivity contribution in [1.29, 1.82) is 5.26 Å². The number of unbranched alkanes of at least 4 members (excludes halogenated alkanes) is 2. The number of rotatable bonds is 9. The van der Waals surface area contributed by atoms with Crippen LogP contribution in [0.25, 0.3) is 15.6 Å². The molecule has 9 heteroatoms. The molecular formula is C24H25N5O2S2. The molecule has 170 valence electrons. The fourth-order valence-electron chi connectivity index (χ4n) is 3.68. The van der Waals surface area contributed by atoms with Gasteiger partial charge in [0.1, 0.15) is 16.5 Å². The minimum atomic E-state index is -0.579. The van der Waals surface area contributed by atoms with Gasteiger partial charge in [-0.1, -0.05) is 31.1 Å². The van der Waals surface area contributed by atoms with Crippen molar-refractivity contribution in [2.45, 2.75) is 39.5 Å². The van der Waals surface area contributed by atoms with Gasteiger partial charge in [0.05, 0.1) is 17.0 Å². The van der Waals surface area contributed by atoms with E-state index in [1.165, 1.54) is 33.9 Å². The summed E-state index contributed by atoms with van der Waals surface area (Å²) in [6, 6.07) is 10.0. The maximum Gasteiger partial charge on any atom is 0.348 e. The van der Waals surface area contributed by atoms with Crippen molar-refractivity contribution in [1.82, 2.24) is 4.98 Å². The number of fused-ring (bicyclic) bond motifs is 2. The molecule has 0 bridgehead atoms. The second kappa shape index (κ2) is 10.7. The zero-order valence-electron chi connectivity index (χ0n) is 18.7. The van der Waals surface area contributed by atoms with Gasteiger partial charge >= 0.3 is 5.97 Å². The van der Waals surface area contributed by atoms with Crippen molar-refractivity contribution in [2.24, 2.45) is 10.2 Å². The fourth-order valence-corrected chi connectivity index (χ4v) is 5.66. The molecule has 0 amide bonds. The molecule has 2 aromatic heterocycles. The number of carbonyl (C=O) groups excluding carboxylic acids is 1. The number of nitrogens with zero attached hydrogens (tertiary/aromatic N) is 5. The SMILES string of the molecule is CCCCCOC(=O)/C(C#N)=C/c1cc2sc(/N=N/c3ccc4c(c3)CCN4CC)nc2s1. The van der Waals surface area contributed by atoms with Crippen LogP contribution in [0.15, 0.2) is 40.1 Å². The lowest BCUT2D eigenvalue weighted by Crippen LogP contribution is -2.18. The van der Waals surface area contributed by atoms with Crippen molar-refractivity contribution in [3.63, 3.8) is 0 Å². The summed E-state index contributed by atoms with van der Waals surface area (Å²) in [7, 11) is 0. The van der Waals surface area contributed by atoms with Crippen molar-refractivity contribution >= 4 is 60.8 Å². The highest BCUT2D eigenvalue weighted by atomic mass is 32.1. The van der Waals surface area contributed by atoms with Crippen LogP contribution < -0.4 is 4.90 Å². The second-order valence-electron chi connectivity index (χ2n) is 7.67. The van der Waals surface area contributed by atoms with Crippen LogP contribution in [0.5, 0.6) is 0 Å². The molecule has 0 aliphatic carbocycles. The van der Waals surface area contributed by atoms with Crippen LogP contribution in [0.2, 0.25) is 0 Å². The number of ether oxygens (including phenoxy) is 1. The number of carbonyl (C=O) groups is 1. The summed E-state index contributed by atoms with van der Waals surface area (Å²) >= 11 is 2.84. The van der Waals surface area contributed by atoms with E-state index in [1.54, 1.807) is 6.08 Å². The molecule has 0 unspecified atom stereocenters. The highest BCUT2D eigenvalue weighted by Gasteiger charge is 2.17. The lowest BCUT2D eigenvalue weighted by atomic mass is 10.1. The topological polar surface area (TPSA) is 90.9 Å². The van der Waals surface area contributed by atoms with E-state index >= 15 is 0 Å².